The number of hydrogen-bond acceptors (Lipinski definition) is 2. The van der Waals surface area contributed by atoms with Crippen molar-refractivity contribution >= 4 is 29.1 Å². The highest BCUT2D eigenvalue weighted by Gasteiger charge is 2.28. The van der Waals surface area contributed by atoms with Crippen LogP contribution in [0.2, 0.25) is 5.02 Å². The van der Waals surface area contributed by atoms with E-state index in [0.29, 0.717) is 25.1 Å². The molecule has 1 saturated heterocycles. The van der Waals surface area contributed by atoms with Crippen LogP contribution in [0.5, 0.6) is 0 Å². The minimum Gasteiger partial charge on any atom is -0.324 e. The highest BCUT2D eigenvalue weighted by Crippen LogP contribution is 2.25. The first-order valence-electron chi connectivity index (χ1n) is 7.76. The maximum Gasteiger partial charge on any atom is 0.264 e. The molecule has 2 aromatic carbocycles. The van der Waals surface area contributed by atoms with Gasteiger partial charge in [0.05, 0.1) is 10.6 Å². The van der Waals surface area contributed by atoms with Gasteiger partial charge in [0.1, 0.15) is 18.3 Å². The summed E-state index contributed by atoms with van der Waals surface area (Å²) in [5, 5.41) is -0.0233. The summed E-state index contributed by atoms with van der Waals surface area (Å²) in [6.45, 7) is 0.461. The SMILES string of the molecule is O=C1CCCN1CN(C(=O)c1c(F)cccc1Cl)c1ccc(F)cc1. The van der Waals surface area contributed by atoms with Gasteiger partial charge in [-0.25, -0.2) is 8.78 Å². The van der Waals surface area contributed by atoms with Crippen molar-refractivity contribution in [2.75, 3.05) is 18.1 Å². The van der Waals surface area contributed by atoms with Gasteiger partial charge in [0.15, 0.2) is 0 Å². The molecular formula is C18H15ClF2N2O2. The molecule has 1 aliphatic heterocycles. The lowest BCUT2D eigenvalue weighted by Crippen LogP contribution is -2.42. The first kappa shape index (κ1) is 17.4. The van der Waals surface area contributed by atoms with Crippen LogP contribution in [-0.4, -0.2) is 29.9 Å². The van der Waals surface area contributed by atoms with Gasteiger partial charge in [-0.1, -0.05) is 17.7 Å². The van der Waals surface area contributed by atoms with Crippen molar-refractivity contribution in [3.63, 3.8) is 0 Å². The van der Waals surface area contributed by atoms with Crippen molar-refractivity contribution in [1.29, 1.82) is 0 Å². The molecule has 1 aliphatic rings. The van der Waals surface area contributed by atoms with Gasteiger partial charge in [-0.05, 0) is 42.8 Å². The third-order valence-electron chi connectivity index (χ3n) is 4.04. The summed E-state index contributed by atoms with van der Waals surface area (Å²) in [5.41, 5.74) is 0.0746. The number of hydrogen-bond donors (Lipinski definition) is 0. The van der Waals surface area contributed by atoms with Crippen molar-refractivity contribution in [1.82, 2.24) is 4.90 Å². The molecule has 0 aliphatic carbocycles. The summed E-state index contributed by atoms with van der Waals surface area (Å²) < 4.78 is 27.4. The van der Waals surface area contributed by atoms with Crippen LogP contribution in [0, 0.1) is 11.6 Å². The minimum absolute atomic E-state index is 0.0233. The van der Waals surface area contributed by atoms with Crippen molar-refractivity contribution in [2.24, 2.45) is 0 Å². The molecule has 4 nitrogen and oxygen atoms in total. The molecule has 0 bridgehead atoms. The summed E-state index contributed by atoms with van der Waals surface area (Å²) in [6.07, 6.45) is 1.11. The van der Waals surface area contributed by atoms with Crippen molar-refractivity contribution in [2.45, 2.75) is 12.8 Å². The molecule has 7 heteroatoms. The standard InChI is InChI=1S/C18H15ClF2N2O2/c19-14-3-1-4-15(21)17(14)18(25)23(11-22-10-2-5-16(22)24)13-8-6-12(20)7-9-13/h1,3-4,6-9H,2,5,10-11H2. The van der Waals surface area contributed by atoms with Gasteiger partial charge in [0.2, 0.25) is 5.91 Å². The van der Waals surface area contributed by atoms with E-state index in [2.05, 4.69) is 0 Å². The summed E-state index contributed by atoms with van der Waals surface area (Å²) in [7, 11) is 0. The molecule has 0 radical (unpaired) electrons. The topological polar surface area (TPSA) is 40.6 Å². The maximum absolute atomic E-state index is 14.2. The Morgan fingerprint density at radius 1 is 1.16 bits per heavy atom. The van der Waals surface area contributed by atoms with Gasteiger partial charge in [0, 0.05) is 18.7 Å². The Hall–Kier alpha value is -2.47. The highest BCUT2D eigenvalue weighted by molar-refractivity contribution is 6.34. The zero-order valence-corrected chi connectivity index (χ0v) is 14.0. The molecule has 2 aromatic rings. The van der Waals surface area contributed by atoms with Gasteiger partial charge < -0.3 is 4.90 Å². The number of rotatable bonds is 4. The van der Waals surface area contributed by atoms with Crippen LogP contribution in [0.1, 0.15) is 23.2 Å². The second-order valence-corrected chi connectivity index (χ2v) is 6.12. The molecule has 0 atom stereocenters. The third-order valence-corrected chi connectivity index (χ3v) is 4.36. The average Bonchev–Trinajstić information content (AvgIpc) is 2.98. The van der Waals surface area contributed by atoms with Crippen molar-refractivity contribution in [3.05, 3.63) is 64.7 Å². The van der Waals surface area contributed by atoms with E-state index in [1.807, 2.05) is 0 Å². The van der Waals surface area contributed by atoms with Crippen LogP contribution >= 0.6 is 11.6 Å². The zero-order valence-electron chi connectivity index (χ0n) is 13.2. The number of amides is 2. The molecular weight excluding hydrogens is 350 g/mol. The number of halogens is 3. The maximum atomic E-state index is 14.2. The predicted octanol–water partition coefficient (Wildman–Crippen LogP) is 3.84. The average molecular weight is 365 g/mol. The van der Waals surface area contributed by atoms with E-state index in [-0.39, 0.29) is 23.2 Å². The number of benzene rings is 2. The lowest BCUT2D eigenvalue weighted by Gasteiger charge is -2.28. The van der Waals surface area contributed by atoms with E-state index in [0.717, 1.165) is 6.07 Å². The van der Waals surface area contributed by atoms with E-state index in [4.69, 9.17) is 11.6 Å². The third kappa shape index (κ3) is 3.64. The fourth-order valence-corrected chi connectivity index (χ4v) is 2.99. The Morgan fingerprint density at radius 3 is 2.48 bits per heavy atom. The molecule has 25 heavy (non-hydrogen) atoms. The Balaban J connectivity index is 1.99. The number of likely N-dealkylation sites (tertiary alicyclic amines) is 1. The van der Waals surface area contributed by atoms with Gasteiger partial charge in [-0.15, -0.1) is 0 Å². The van der Waals surface area contributed by atoms with Gasteiger partial charge in [-0.3, -0.25) is 14.5 Å². The molecule has 0 aromatic heterocycles. The van der Waals surface area contributed by atoms with Crippen LogP contribution in [0.3, 0.4) is 0 Å². The largest absolute Gasteiger partial charge is 0.324 e. The van der Waals surface area contributed by atoms with E-state index in [1.54, 1.807) is 0 Å². The second-order valence-electron chi connectivity index (χ2n) is 5.71. The van der Waals surface area contributed by atoms with E-state index in [1.165, 1.54) is 46.2 Å². The predicted molar refractivity (Wildman–Crippen MR) is 90.4 cm³/mol. The number of carbonyl (C=O) groups is 2. The number of anilines is 1. The summed E-state index contributed by atoms with van der Waals surface area (Å²) in [6, 6.07) is 9.17. The van der Waals surface area contributed by atoms with Crippen LogP contribution in [0.4, 0.5) is 14.5 Å². The monoisotopic (exact) mass is 364 g/mol. The van der Waals surface area contributed by atoms with Crippen molar-refractivity contribution in [3.8, 4) is 0 Å². The molecule has 0 N–H and O–H groups in total. The minimum atomic E-state index is -0.752. The highest BCUT2D eigenvalue weighted by atomic mass is 35.5. The fourth-order valence-electron chi connectivity index (χ4n) is 2.75. The molecule has 1 fully saturated rings. The second kappa shape index (κ2) is 7.19. The lowest BCUT2D eigenvalue weighted by atomic mass is 10.1. The van der Waals surface area contributed by atoms with E-state index < -0.39 is 17.5 Å². The van der Waals surface area contributed by atoms with E-state index in [9.17, 15) is 18.4 Å². The lowest BCUT2D eigenvalue weighted by molar-refractivity contribution is -0.127. The van der Waals surface area contributed by atoms with Crippen molar-refractivity contribution < 1.29 is 18.4 Å². The summed E-state index contributed by atoms with van der Waals surface area (Å²) >= 11 is 6.00. The van der Waals surface area contributed by atoms with E-state index >= 15 is 0 Å². The Kier molecular flexibility index (Phi) is 4.99. The summed E-state index contributed by atoms with van der Waals surface area (Å²) in [4.78, 5) is 27.6. The number of nitrogens with zero attached hydrogens (tertiary/aromatic N) is 2. The van der Waals surface area contributed by atoms with Crippen LogP contribution in [0.25, 0.3) is 0 Å². The summed E-state index contributed by atoms with van der Waals surface area (Å²) in [5.74, 6) is -1.98. The normalized spacial score (nSPS) is 14.0. The first-order valence-corrected chi connectivity index (χ1v) is 8.14. The van der Waals surface area contributed by atoms with Crippen LogP contribution in [-0.2, 0) is 4.79 Å². The Morgan fingerprint density at radius 2 is 1.88 bits per heavy atom. The van der Waals surface area contributed by atoms with Gasteiger partial charge in [0.25, 0.3) is 5.91 Å². The quantitative estimate of drug-likeness (QED) is 0.827. The molecule has 0 spiro atoms. The Bertz CT molecular complexity index is 791. The molecule has 0 unspecified atom stereocenters. The molecule has 3 rings (SSSR count). The van der Waals surface area contributed by atoms with Crippen LogP contribution < -0.4 is 4.90 Å². The smallest absolute Gasteiger partial charge is 0.264 e. The molecule has 2 amide bonds. The molecule has 1 heterocycles. The van der Waals surface area contributed by atoms with Crippen LogP contribution in [0.15, 0.2) is 42.5 Å². The molecule has 130 valence electrons. The zero-order chi connectivity index (χ0) is 18.0. The molecule has 0 saturated carbocycles. The Labute approximate surface area is 148 Å². The fraction of sp³-hybridized carbons (Fsp3) is 0.222. The van der Waals surface area contributed by atoms with Gasteiger partial charge in [-0.2, -0.15) is 0 Å². The first-order chi connectivity index (χ1) is 12.0. The number of carbonyl (C=O) groups excluding carboxylic acids is 2. The van der Waals surface area contributed by atoms with Gasteiger partial charge >= 0.3 is 0 Å².